The van der Waals surface area contributed by atoms with Crippen molar-refractivity contribution in [2.75, 3.05) is 14.2 Å². The molecule has 0 aliphatic carbocycles. The largest absolute Gasteiger partial charge is 0.406 e. The van der Waals surface area contributed by atoms with E-state index in [-0.39, 0.29) is 5.41 Å². The van der Waals surface area contributed by atoms with Crippen molar-refractivity contribution in [1.29, 1.82) is 0 Å². The lowest BCUT2D eigenvalue weighted by Gasteiger charge is -2.19. The fourth-order valence-corrected chi connectivity index (χ4v) is 1.90. The second-order valence-electron chi connectivity index (χ2n) is 2.13. The fourth-order valence-electron chi connectivity index (χ4n) is 0.632. The van der Waals surface area contributed by atoms with E-state index in [2.05, 4.69) is 0 Å². The third-order valence-corrected chi connectivity index (χ3v) is 4.53. The van der Waals surface area contributed by atoms with E-state index in [1.807, 2.05) is 6.92 Å². The van der Waals surface area contributed by atoms with Crippen LogP contribution in [0.25, 0.3) is 0 Å². The van der Waals surface area contributed by atoms with Crippen molar-refractivity contribution >= 4 is 14.0 Å². The lowest BCUT2D eigenvalue weighted by molar-refractivity contribution is -0.115. The molecule has 0 atom stereocenters. The standard InChI is InChI=1S/C6H14O3Si/c1-5-6(7)10(4,8-2)9-3/h5H2,1-4H3. The van der Waals surface area contributed by atoms with Crippen LogP contribution >= 0.6 is 0 Å². The van der Waals surface area contributed by atoms with Crippen molar-refractivity contribution in [3.63, 3.8) is 0 Å². The summed E-state index contributed by atoms with van der Waals surface area (Å²) in [5.41, 5.74) is 0. The van der Waals surface area contributed by atoms with E-state index in [0.29, 0.717) is 6.42 Å². The molecule has 10 heavy (non-hydrogen) atoms. The molecule has 0 aromatic heterocycles. The van der Waals surface area contributed by atoms with E-state index in [9.17, 15) is 4.79 Å². The zero-order valence-corrected chi connectivity index (χ0v) is 7.93. The van der Waals surface area contributed by atoms with Gasteiger partial charge in [0, 0.05) is 20.6 Å². The van der Waals surface area contributed by atoms with Crippen LogP contribution in [0.4, 0.5) is 0 Å². The quantitative estimate of drug-likeness (QED) is 0.575. The highest BCUT2D eigenvalue weighted by Gasteiger charge is 2.36. The topological polar surface area (TPSA) is 35.5 Å². The molecule has 0 rings (SSSR count). The molecule has 0 fully saturated rings. The van der Waals surface area contributed by atoms with E-state index in [1.165, 1.54) is 14.2 Å². The van der Waals surface area contributed by atoms with Gasteiger partial charge in [-0.25, -0.2) is 0 Å². The molecule has 0 amide bonds. The van der Waals surface area contributed by atoms with E-state index in [4.69, 9.17) is 8.85 Å². The first-order valence-electron chi connectivity index (χ1n) is 3.24. The molecule has 0 aromatic rings. The molecule has 0 N–H and O–H groups in total. The van der Waals surface area contributed by atoms with Crippen LogP contribution in [0.15, 0.2) is 0 Å². The summed E-state index contributed by atoms with van der Waals surface area (Å²) in [6.07, 6.45) is 0.490. The minimum absolute atomic E-state index is 0.0949. The van der Waals surface area contributed by atoms with Crippen molar-refractivity contribution in [3.8, 4) is 0 Å². The minimum atomic E-state index is -2.44. The van der Waals surface area contributed by atoms with Gasteiger partial charge < -0.3 is 8.85 Å². The summed E-state index contributed by atoms with van der Waals surface area (Å²) < 4.78 is 10.0. The average molecular weight is 162 g/mol. The van der Waals surface area contributed by atoms with Crippen LogP contribution in [-0.4, -0.2) is 28.2 Å². The Hall–Kier alpha value is -0.193. The predicted octanol–water partition coefficient (Wildman–Crippen LogP) is 0.869. The second-order valence-corrected chi connectivity index (χ2v) is 5.40. The highest BCUT2D eigenvalue weighted by molar-refractivity contribution is 6.96. The molecule has 0 saturated heterocycles. The van der Waals surface area contributed by atoms with Gasteiger partial charge in [-0.15, -0.1) is 0 Å². The van der Waals surface area contributed by atoms with Crippen LogP contribution < -0.4 is 0 Å². The molecule has 0 bridgehead atoms. The SMILES string of the molecule is CCC(=O)[Si](C)(OC)OC. The van der Waals surface area contributed by atoms with Crippen LogP contribution in [0.3, 0.4) is 0 Å². The Morgan fingerprint density at radius 1 is 1.40 bits per heavy atom. The first-order valence-corrected chi connectivity index (χ1v) is 5.56. The third kappa shape index (κ3) is 1.90. The maximum absolute atomic E-state index is 11.1. The number of hydrogen-bond donors (Lipinski definition) is 0. The molecular weight excluding hydrogens is 148 g/mol. The Kier molecular flexibility index (Phi) is 3.78. The second kappa shape index (κ2) is 3.85. The van der Waals surface area contributed by atoms with Crippen LogP contribution in [0.1, 0.15) is 13.3 Å². The Bertz CT molecular complexity index is 120. The van der Waals surface area contributed by atoms with Crippen molar-refractivity contribution in [1.82, 2.24) is 0 Å². The van der Waals surface area contributed by atoms with Gasteiger partial charge in [-0.05, 0) is 6.55 Å². The first kappa shape index (κ1) is 9.81. The van der Waals surface area contributed by atoms with Gasteiger partial charge in [-0.2, -0.15) is 0 Å². The summed E-state index contributed by atoms with van der Waals surface area (Å²) >= 11 is 0. The summed E-state index contributed by atoms with van der Waals surface area (Å²) in [6, 6.07) is 0. The lowest BCUT2D eigenvalue weighted by Crippen LogP contribution is -2.45. The predicted molar refractivity (Wildman–Crippen MR) is 40.9 cm³/mol. The van der Waals surface area contributed by atoms with E-state index >= 15 is 0 Å². The summed E-state index contributed by atoms with van der Waals surface area (Å²) in [5.74, 6) is 0. The van der Waals surface area contributed by atoms with Crippen molar-refractivity contribution in [3.05, 3.63) is 0 Å². The van der Waals surface area contributed by atoms with E-state index in [0.717, 1.165) is 0 Å². The van der Waals surface area contributed by atoms with E-state index in [1.54, 1.807) is 6.55 Å². The number of hydrogen-bond acceptors (Lipinski definition) is 3. The van der Waals surface area contributed by atoms with E-state index < -0.39 is 8.56 Å². The Morgan fingerprint density at radius 3 is 1.90 bits per heavy atom. The number of rotatable bonds is 4. The molecule has 0 unspecified atom stereocenters. The lowest BCUT2D eigenvalue weighted by atomic mass is 10.6. The maximum Gasteiger partial charge on any atom is 0.406 e. The van der Waals surface area contributed by atoms with Crippen molar-refractivity contribution < 1.29 is 13.6 Å². The number of carbonyl (C=O) groups excluding carboxylic acids is 1. The summed E-state index contributed by atoms with van der Waals surface area (Å²) in [5, 5.41) is 0.0949. The molecule has 0 saturated carbocycles. The minimum Gasteiger partial charge on any atom is -0.393 e. The Morgan fingerprint density at radius 2 is 1.80 bits per heavy atom. The van der Waals surface area contributed by atoms with Gasteiger partial charge in [0.25, 0.3) is 0 Å². The highest BCUT2D eigenvalue weighted by Crippen LogP contribution is 2.07. The smallest absolute Gasteiger partial charge is 0.393 e. The van der Waals surface area contributed by atoms with Crippen LogP contribution in [0, 0.1) is 0 Å². The molecule has 0 heterocycles. The van der Waals surface area contributed by atoms with Gasteiger partial charge >= 0.3 is 8.56 Å². The third-order valence-electron chi connectivity index (χ3n) is 1.61. The summed E-state index contributed by atoms with van der Waals surface area (Å²) in [6.45, 7) is 3.56. The zero-order valence-electron chi connectivity index (χ0n) is 6.93. The van der Waals surface area contributed by atoms with Gasteiger partial charge in [-0.1, -0.05) is 6.92 Å². The molecule has 0 aliphatic heterocycles. The van der Waals surface area contributed by atoms with Gasteiger partial charge in [0.1, 0.15) is 0 Å². The maximum atomic E-state index is 11.1. The molecule has 0 spiro atoms. The van der Waals surface area contributed by atoms with Crippen molar-refractivity contribution in [2.45, 2.75) is 19.9 Å². The molecule has 0 aliphatic rings. The molecular formula is C6H14O3Si. The zero-order chi connectivity index (χ0) is 8.20. The van der Waals surface area contributed by atoms with Gasteiger partial charge in [0.15, 0.2) is 5.41 Å². The Balaban J connectivity index is 4.17. The Labute approximate surface area is 62.6 Å². The fraction of sp³-hybridized carbons (Fsp3) is 0.833. The molecule has 60 valence electrons. The number of carbonyl (C=O) groups is 1. The van der Waals surface area contributed by atoms with Gasteiger partial charge in [0.05, 0.1) is 0 Å². The van der Waals surface area contributed by atoms with Crippen LogP contribution in [0.2, 0.25) is 6.55 Å². The highest BCUT2D eigenvalue weighted by atomic mass is 28.4. The normalized spacial score (nSPS) is 11.6. The monoisotopic (exact) mass is 162 g/mol. The van der Waals surface area contributed by atoms with Crippen LogP contribution in [0.5, 0.6) is 0 Å². The first-order chi connectivity index (χ1) is 4.60. The molecule has 0 aromatic carbocycles. The molecule has 4 heteroatoms. The van der Waals surface area contributed by atoms with Crippen LogP contribution in [-0.2, 0) is 13.6 Å². The summed E-state index contributed by atoms with van der Waals surface area (Å²) in [7, 11) is 0.595. The average Bonchev–Trinajstić information content (AvgIpc) is 2.01. The van der Waals surface area contributed by atoms with Gasteiger partial charge in [0.2, 0.25) is 0 Å². The van der Waals surface area contributed by atoms with Crippen molar-refractivity contribution in [2.24, 2.45) is 0 Å². The molecule has 3 nitrogen and oxygen atoms in total. The van der Waals surface area contributed by atoms with Gasteiger partial charge in [-0.3, -0.25) is 4.79 Å². The molecule has 0 radical (unpaired) electrons. The summed E-state index contributed by atoms with van der Waals surface area (Å²) in [4.78, 5) is 11.1.